The standard InChI is InChI=1S/C15H11BrClNO2S/c1-2-11(19)4-6-14(20)9-3-5-13-10(7-9)8-12(16)15(18-13)21-17/h3-8H,2H2,1H3/b6-4+. The number of nitrogens with zero attached hydrogens (tertiary/aromatic N) is 1. The van der Waals surface area contributed by atoms with E-state index in [2.05, 4.69) is 20.9 Å². The zero-order chi connectivity index (χ0) is 15.4. The third-order valence-electron chi connectivity index (χ3n) is 2.86. The summed E-state index contributed by atoms with van der Waals surface area (Å²) in [4.78, 5) is 27.6. The highest BCUT2D eigenvalue weighted by Crippen LogP contribution is 2.31. The summed E-state index contributed by atoms with van der Waals surface area (Å²) in [6.07, 6.45) is 3.00. The fourth-order valence-corrected chi connectivity index (χ4v) is 3.20. The Kier molecular flexibility index (Phi) is 5.56. The number of rotatable bonds is 5. The molecule has 1 aromatic carbocycles. The maximum absolute atomic E-state index is 12.0. The minimum Gasteiger partial charge on any atom is -0.295 e. The summed E-state index contributed by atoms with van der Waals surface area (Å²) in [5, 5.41) is 1.51. The van der Waals surface area contributed by atoms with Crippen molar-refractivity contribution >= 4 is 60.1 Å². The first-order valence-corrected chi connectivity index (χ1v) is 8.63. The molecule has 0 atom stereocenters. The van der Waals surface area contributed by atoms with E-state index in [1.807, 2.05) is 6.07 Å². The number of allylic oxidation sites excluding steroid dienone is 2. The summed E-state index contributed by atoms with van der Waals surface area (Å²) < 4.78 is 0.774. The Morgan fingerprint density at radius 3 is 2.76 bits per heavy atom. The number of fused-ring (bicyclic) bond motifs is 1. The van der Waals surface area contributed by atoms with Crippen molar-refractivity contribution in [1.29, 1.82) is 0 Å². The Bertz CT molecular complexity index is 746. The van der Waals surface area contributed by atoms with Gasteiger partial charge in [-0.05, 0) is 63.0 Å². The number of hydrogen-bond donors (Lipinski definition) is 0. The normalized spacial score (nSPS) is 11.2. The number of carbonyl (C=O) groups is 2. The Hall–Kier alpha value is -1.17. The lowest BCUT2D eigenvalue weighted by Crippen LogP contribution is -1.97. The van der Waals surface area contributed by atoms with Gasteiger partial charge in [0.2, 0.25) is 0 Å². The average Bonchev–Trinajstić information content (AvgIpc) is 2.50. The van der Waals surface area contributed by atoms with Gasteiger partial charge in [-0.1, -0.05) is 6.92 Å². The van der Waals surface area contributed by atoms with Crippen LogP contribution in [0.25, 0.3) is 10.9 Å². The molecule has 21 heavy (non-hydrogen) atoms. The Morgan fingerprint density at radius 1 is 1.33 bits per heavy atom. The van der Waals surface area contributed by atoms with Gasteiger partial charge in [0, 0.05) is 28.3 Å². The van der Waals surface area contributed by atoms with Gasteiger partial charge in [-0.15, -0.1) is 0 Å². The lowest BCUT2D eigenvalue weighted by molar-refractivity contribution is -0.114. The molecule has 0 N–H and O–H groups in total. The van der Waals surface area contributed by atoms with Crippen LogP contribution in [-0.2, 0) is 4.79 Å². The number of benzene rings is 1. The molecule has 0 saturated carbocycles. The fourth-order valence-electron chi connectivity index (χ4n) is 1.72. The summed E-state index contributed by atoms with van der Waals surface area (Å²) in [5.41, 5.74) is 1.27. The molecule has 0 radical (unpaired) electrons. The molecule has 2 rings (SSSR count). The number of hydrogen-bond acceptors (Lipinski definition) is 4. The SMILES string of the molecule is CCC(=O)/C=C/C(=O)c1ccc2nc(SCl)c(Br)cc2c1. The van der Waals surface area contributed by atoms with Crippen molar-refractivity contribution in [3.05, 3.63) is 46.5 Å². The second-order valence-corrected chi connectivity index (χ2v) is 6.14. The van der Waals surface area contributed by atoms with E-state index in [-0.39, 0.29) is 11.6 Å². The van der Waals surface area contributed by atoms with Crippen molar-refractivity contribution in [3.8, 4) is 0 Å². The average molecular weight is 385 g/mol. The zero-order valence-corrected chi connectivity index (χ0v) is 14.3. The van der Waals surface area contributed by atoms with Gasteiger partial charge in [0.25, 0.3) is 0 Å². The molecular formula is C15H11BrClNO2S. The largest absolute Gasteiger partial charge is 0.295 e. The van der Waals surface area contributed by atoms with Gasteiger partial charge in [0.05, 0.1) is 9.99 Å². The van der Waals surface area contributed by atoms with Gasteiger partial charge >= 0.3 is 0 Å². The molecule has 0 aliphatic carbocycles. The first-order valence-electron chi connectivity index (χ1n) is 6.19. The fraction of sp³-hybridized carbons (Fsp3) is 0.133. The van der Waals surface area contributed by atoms with Crippen LogP contribution in [0.4, 0.5) is 0 Å². The van der Waals surface area contributed by atoms with Crippen molar-refractivity contribution in [2.24, 2.45) is 0 Å². The monoisotopic (exact) mass is 383 g/mol. The lowest BCUT2D eigenvalue weighted by atomic mass is 10.1. The van der Waals surface area contributed by atoms with Crippen molar-refractivity contribution in [1.82, 2.24) is 4.98 Å². The van der Waals surface area contributed by atoms with E-state index in [1.54, 1.807) is 25.1 Å². The van der Waals surface area contributed by atoms with Gasteiger partial charge < -0.3 is 0 Å². The molecule has 3 nitrogen and oxygen atoms in total. The number of pyridine rings is 1. The Balaban J connectivity index is 2.37. The second kappa shape index (κ2) is 7.20. The van der Waals surface area contributed by atoms with Crippen molar-refractivity contribution in [2.75, 3.05) is 0 Å². The summed E-state index contributed by atoms with van der Waals surface area (Å²) in [5.74, 6) is -0.275. The molecule has 0 bridgehead atoms. The van der Waals surface area contributed by atoms with Crippen LogP contribution in [0.3, 0.4) is 0 Å². The molecule has 0 aliphatic heterocycles. The number of carbonyl (C=O) groups excluding carboxylic acids is 2. The smallest absolute Gasteiger partial charge is 0.185 e. The minimum absolute atomic E-state index is 0.0719. The molecule has 2 aromatic rings. The van der Waals surface area contributed by atoms with Crippen LogP contribution in [0, 0.1) is 0 Å². The molecule has 108 valence electrons. The van der Waals surface area contributed by atoms with Crippen LogP contribution in [0.1, 0.15) is 23.7 Å². The second-order valence-electron chi connectivity index (χ2n) is 4.28. The van der Waals surface area contributed by atoms with Gasteiger partial charge in [-0.2, -0.15) is 0 Å². The van der Waals surface area contributed by atoms with Crippen LogP contribution in [0.15, 0.2) is 45.9 Å². The van der Waals surface area contributed by atoms with E-state index in [9.17, 15) is 9.59 Å². The summed E-state index contributed by atoms with van der Waals surface area (Å²) in [7, 11) is 6.76. The molecule has 0 saturated heterocycles. The van der Waals surface area contributed by atoms with E-state index in [1.165, 1.54) is 12.2 Å². The van der Waals surface area contributed by atoms with E-state index >= 15 is 0 Å². The van der Waals surface area contributed by atoms with Crippen LogP contribution < -0.4 is 0 Å². The third kappa shape index (κ3) is 3.93. The van der Waals surface area contributed by atoms with E-state index in [0.29, 0.717) is 17.0 Å². The molecular weight excluding hydrogens is 374 g/mol. The molecule has 6 heteroatoms. The number of ketones is 2. The third-order valence-corrected chi connectivity index (χ3v) is 4.63. The Labute approximate surface area is 139 Å². The van der Waals surface area contributed by atoms with Gasteiger partial charge in [-0.25, -0.2) is 4.98 Å². The number of aromatic nitrogens is 1. The van der Waals surface area contributed by atoms with Gasteiger partial charge in [-0.3, -0.25) is 9.59 Å². The van der Waals surface area contributed by atoms with Crippen molar-refractivity contribution in [2.45, 2.75) is 18.4 Å². The lowest BCUT2D eigenvalue weighted by Gasteiger charge is -2.04. The maximum Gasteiger partial charge on any atom is 0.185 e. The molecule has 0 unspecified atom stereocenters. The number of halogens is 2. The molecule has 0 spiro atoms. The molecule has 1 aromatic heterocycles. The highest BCUT2D eigenvalue weighted by Gasteiger charge is 2.08. The van der Waals surface area contributed by atoms with Crippen molar-refractivity contribution in [3.63, 3.8) is 0 Å². The molecule has 1 heterocycles. The van der Waals surface area contributed by atoms with E-state index in [0.717, 1.165) is 26.4 Å². The van der Waals surface area contributed by atoms with Crippen LogP contribution >= 0.6 is 37.6 Å². The van der Waals surface area contributed by atoms with E-state index in [4.69, 9.17) is 10.7 Å². The summed E-state index contributed by atoms with van der Waals surface area (Å²) in [6, 6.07) is 7.07. The molecule has 0 aliphatic rings. The predicted molar refractivity (Wildman–Crippen MR) is 89.9 cm³/mol. The topological polar surface area (TPSA) is 47.0 Å². The quantitative estimate of drug-likeness (QED) is 0.540. The van der Waals surface area contributed by atoms with Gasteiger partial charge in [0.15, 0.2) is 11.6 Å². The highest BCUT2D eigenvalue weighted by molar-refractivity contribution is 9.10. The maximum atomic E-state index is 12.0. The first-order chi connectivity index (χ1) is 10.0. The summed E-state index contributed by atoms with van der Waals surface area (Å²) >= 11 is 3.39. The van der Waals surface area contributed by atoms with Crippen molar-refractivity contribution < 1.29 is 9.59 Å². The highest BCUT2D eigenvalue weighted by atomic mass is 79.9. The van der Waals surface area contributed by atoms with Crippen LogP contribution in [0.2, 0.25) is 0 Å². The first kappa shape index (κ1) is 16.2. The Morgan fingerprint density at radius 2 is 2.10 bits per heavy atom. The molecule has 0 amide bonds. The molecule has 0 fully saturated rings. The summed E-state index contributed by atoms with van der Waals surface area (Å²) in [6.45, 7) is 1.75. The van der Waals surface area contributed by atoms with Gasteiger partial charge in [0.1, 0.15) is 5.03 Å². The minimum atomic E-state index is -0.203. The zero-order valence-electron chi connectivity index (χ0n) is 11.1. The van der Waals surface area contributed by atoms with Crippen LogP contribution in [0.5, 0.6) is 0 Å². The van der Waals surface area contributed by atoms with E-state index < -0.39 is 0 Å². The van der Waals surface area contributed by atoms with Crippen LogP contribution in [-0.4, -0.2) is 16.6 Å². The predicted octanol–water partition coefficient (Wildman–Crippen LogP) is 4.96.